The van der Waals surface area contributed by atoms with Crippen LogP contribution in [0.3, 0.4) is 0 Å². The predicted octanol–water partition coefficient (Wildman–Crippen LogP) is 4.54. The summed E-state index contributed by atoms with van der Waals surface area (Å²) in [7, 11) is 2.16. The van der Waals surface area contributed by atoms with E-state index in [0.29, 0.717) is 0 Å². The Balaban J connectivity index is 1.92. The molecule has 1 N–H and O–H groups in total. The third-order valence-electron chi connectivity index (χ3n) is 5.02. The molecule has 0 spiro atoms. The minimum Gasteiger partial charge on any atom is -0.316 e. The molecule has 1 nitrogen and oxygen atoms in total. The van der Waals surface area contributed by atoms with E-state index in [-0.39, 0.29) is 0 Å². The first kappa shape index (κ1) is 14.1. The lowest BCUT2D eigenvalue weighted by atomic mass is 9.72. The van der Waals surface area contributed by atoms with E-state index < -0.39 is 0 Å². The summed E-state index contributed by atoms with van der Waals surface area (Å²) in [5.74, 6) is 2.75. The van der Waals surface area contributed by atoms with Gasteiger partial charge in [0.15, 0.2) is 0 Å². The lowest BCUT2D eigenvalue weighted by Crippen LogP contribution is -2.38. The maximum atomic E-state index is 3.62. The van der Waals surface area contributed by atoms with Crippen LogP contribution >= 0.6 is 0 Å². The smallest absolute Gasteiger partial charge is 0.0130 e. The normalized spacial score (nSPS) is 35.1. The molecule has 0 amide bonds. The molecular formula is C17H31N. The van der Waals surface area contributed by atoms with Gasteiger partial charge in [-0.2, -0.15) is 0 Å². The van der Waals surface area contributed by atoms with Gasteiger partial charge in [0.2, 0.25) is 0 Å². The summed E-state index contributed by atoms with van der Waals surface area (Å²) in [5.41, 5.74) is 1.73. The molecule has 1 heteroatoms. The van der Waals surface area contributed by atoms with E-state index in [1.54, 1.807) is 5.57 Å². The van der Waals surface area contributed by atoms with Gasteiger partial charge < -0.3 is 5.32 Å². The number of hydrogen-bond donors (Lipinski definition) is 1. The van der Waals surface area contributed by atoms with E-state index in [2.05, 4.69) is 32.3 Å². The van der Waals surface area contributed by atoms with Crippen molar-refractivity contribution in [3.8, 4) is 0 Å². The van der Waals surface area contributed by atoms with E-state index in [4.69, 9.17) is 0 Å². The van der Waals surface area contributed by atoms with Crippen molar-refractivity contribution in [2.75, 3.05) is 7.05 Å². The maximum absolute atomic E-state index is 3.62. The standard InChI is InChI=1S/C17H31N/c1-13-9-14(2)11-16(10-13)17(18-3)12-15-7-5-4-6-8-15/h7,13-14,16-18H,4-6,8-12H2,1-3H3. The zero-order chi connectivity index (χ0) is 13.0. The third-order valence-corrected chi connectivity index (χ3v) is 5.02. The van der Waals surface area contributed by atoms with Crippen LogP contribution in [0.25, 0.3) is 0 Å². The van der Waals surface area contributed by atoms with Crippen molar-refractivity contribution in [1.29, 1.82) is 0 Å². The van der Waals surface area contributed by atoms with Crippen molar-refractivity contribution in [3.63, 3.8) is 0 Å². The van der Waals surface area contributed by atoms with E-state index in [9.17, 15) is 0 Å². The molecule has 3 unspecified atom stereocenters. The van der Waals surface area contributed by atoms with Crippen LogP contribution in [-0.2, 0) is 0 Å². The minimum atomic E-state index is 0.722. The largest absolute Gasteiger partial charge is 0.316 e. The molecule has 1 saturated carbocycles. The first-order valence-corrected chi connectivity index (χ1v) is 8.04. The van der Waals surface area contributed by atoms with E-state index in [1.807, 2.05) is 0 Å². The van der Waals surface area contributed by atoms with Gasteiger partial charge in [0.1, 0.15) is 0 Å². The van der Waals surface area contributed by atoms with Crippen LogP contribution < -0.4 is 5.32 Å². The van der Waals surface area contributed by atoms with Crippen molar-refractivity contribution in [1.82, 2.24) is 5.32 Å². The Morgan fingerprint density at radius 3 is 2.44 bits per heavy atom. The van der Waals surface area contributed by atoms with Gasteiger partial charge in [-0.3, -0.25) is 0 Å². The Kier molecular flexibility index (Phi) is 5.29. The van der Waals surface area contributed by atoms with Gasteiger partial charge in [0.05, 0.1) is 0 Å². The molecule has 0 radical (unpaired) electrons. The quantitative estimate of drug-likeness (QED) is 0.721. The molecule has 0 aromatic rings. The molecule has 2 aliphatic carbocycles. The fourth-order valence-electron chi connectivity index (χ4n) is 4.21. The maximum Gasteiger partial charge on any atom is 0.0130 e. The van der Waals surface area contributed by atoms with Gasteiger partial charge in [-0.1, -0.05) is 25.5 Å². The second kappa shape index (κ2) is 6.75. The van der Waals surface area contributed by atoms with Gasteiger partial charge in [0.25, 0.3) is 0 Å². The summed E-state index contributed by atoms with van der Waals surface area (Å²) in [4.78, 5) is 0. The monoisotopic (exact) mass is 249 g/mol. The highest BCUT2D eigenvalue weighted by atomic mass is 14.9. The minimum absolute atomic E-state index is 0.722. The van der Waals surface area contributed by atoms with Crippen molar-refractivity contribution in [2.24, 2.45) is 17.8 Å². The van der Waals surface area contributed by atoms with Crippen molar-refractivity contribution < 1.29 is 0 Å². The topological polar surface area (TPSA) is 12.0 Å². The van der Waals surface area contributed by atoms with E-state index in [1.165, 1.54) is 51.4 Å². The predicted molar refractivity (Wildman–Crippen MR) is 79.7 cm³/mol. The van der Waals surface area contributed by atoms with Gasteiger partial charge in [-0.25, -0.2) is 0 Å². The molecule has 2 aliphatic rings. The molecule has 2 rings (SSSR count). The number of hydrogen-bond acceptors (Lipinski definition) is 1. The van der Waals surface area contributed by atoms with Crippen LogP contribution in [0.4, 0.5) is 0 Å². The molecule has 0 heterocycles. The van der Waals surface area contributed by atoms with Gasteiger partial charge in [-0.05, 0) is 76.2 Å². The Hall–Kier alpha value is -0.300. The van der Waals surface area contributed by atoms with E-state index in [0.717, 1.165) is 23.8 Å². The number of allylic oxidation sites excluding steroid dienone is 1. The summed E-state index contributed by atoms with van der Waals surface area (Å²) < 4.78 is 0. The molecule has 3 atom stereocenters. The number of nitrogens with one attached hydrogen (secondary N) is 1. The average Bonchev–Trinajstić information content (AvgIpc) is 2.36. The SMILES string of the molecule is CNC(CC1=CCCCC1)C1CC(C)CC(C)C1. The Labute approximate surface area is 113 Å². The van der Waals surface area contributed by atoms with E-state index >= 15 is 0 Å². The fourth-order valence-corrected chi connectivity index (χ4v) is 4.21. The highest BCUT2D eigenvalue weighted by molar-refractivity contribution is 5.08. The summed E-state index contributed by atoms with van der Waals surface area (Å²) in [6.07, 6.45) is 13.6. The van der Waals surface area contributed by atoms with Crippen LogP contribution in [0.15, 0.2) is 11.6 Å². The second-order valence-electron chi connectivity index (χ2n) is 6.88. The zero-order valence-electron chi connectivity index (χ0n) is 12.5. The van der Waals surface area contributed by atoms with Crippen molar-refractivity contribution in [2.45, 2.75) is 71.3 Å². The van der Waals surface area contributed by atoms with Crippen molar-refractivity contribution in [3.05, 3.63) is 11.6 Å². The first-order chi connectivity index (χ1) is 8.69. The Bertz CT molecular complexity index is 271. The molecule has 0 aliphatic heterocycles. The molecule has 0 saturated heterocycles. The summed E-state index contributed by atoms with van der Waals surface area (Å²) in [5, 5.41) is 3.62. The summed E-state index contributed by atoms with van der Waals surface area (Å²) in [6.45, 7) is 4.88. The van der Waals surface area contributed by atoms with Crippen molar-refractivity contribution >= 4 is 0 Å². The van der Waals surface area contributed by atoms with Crippen LogP contribution in [0.2, 0.25) is 0 Å². The lowest BCUT2D eigenvalue weighted by molar-refractivity contribution is 0.178. The van der Waals surface area contributed by atoms with Gasteiger partial charge in [0, 0.05) is 6.04 Å². The van der Waals surface area contributed by atoms with Gasteiger partial charge in [-0.15, -0.1) is 0 Å². The molecule has 0 bridgehead atoms. The molecule has 0 aromatic carbocycles. The van der Waals surface area contributed by atoms with Crippen LogP contribution in [0.5, 0.6) is 0 Å². The second-order valence-corrected chi connectivity index (χ2v) is 6.88. The first-order valence-electron chi connectivity index (χ1n) is 8.04. The Morgan fingerprint density at radius 1 is 1.17 bits per heavy atom. The third kappa shape index (κ3) is 3.85. The van der Waals surface area contributed by atoms with Crippen LogP contribution in [-0.4, -0.2) is 13.1 Å². The number of rotatable bonds is 4. The molecular weight excluding hydrogens is 218 g/mol. The zero-order valence-corrected chi connectivity index (χ0v) is 12.5. The summed E-state index contributed by atoms with van der Waals surface area (Å²) in [6, 6.07) is 0.722. The highest BCUT2D eigenvalue weighted by Crippen LogP contribution is 2.36. The molecule has 104 valence electrons. The van der Waals surface area contributed by atoms with Crippen LogP contribution in [0.1, 0.15) is 65.2 Å². The van der Waals surface area contributed by atoms with Gasteiger partial charge >= 0.3 is 0 Å². The molecule has 18 heavy (non-hydrogen) atoms. The highest BCUT2D eigenvalue weighted by Gasteiger charge is 2.29. The lowest BCUT2D eigenvalue weighted by Gasteiger charge is -2.37. The molecule has 0 aromatic heterocycles. The Morgan fingerprint density at radius 2 is 1.89 bits per heavy atom. The average molecular weight is 249 g/mol. The summed E-state index contributed by atoms with van der Waals surface area (Å²) >= 11 is 0. The fraction of sp³-hybridized carbons (Fsp3) is 0.882. The molecule has 1 fully saturated rings. The van der Waals surface area contributed by atoms with Crippen LogP contribution in [0, 0.1) is 17.8 Å².